The smallest absolute Gasteiger partial charge is 0.319 e. The first-order valence-corrected chi connectivity index (χ1v) is 7.11. The first kappa shape index (κ1) is 16.4. The van der Waals surface area contributed by atoms with Crippen LogP contribution in [0.2, 0.25) is 0 Å². The van der Waals surface area contributed by atoms with E-state index in [9.17, 15) is 9.36 Å². The number of hydrogen-bond donors (Lipinski definition) is 1. The van der Waals surface area contributed by atoms with Gasteiger partial charge in [0.15, 0.2) is 0 Å². The van der Waals surface area contributed by atoms with E-state index >= 15 is 0 Å². The summed E-state index contributed by atoms with van der Waals surface area (Å²) in [6.07, 6.45) is 0. The second-order valence-electron chi connectivity index (χ2n) is 4.48. The van der Waals surface area contributed by atoms with E-state index in [1.807, 2.05) is 0 Å². The molecular weight excluding hydrogens is 241 g/mol. The number of carbonyl (C=O) groups is 1. The molecule has 0 aromatic heterocycles. The molecule has 6 heteroatoms. The average molecular weight is 263 g/mol. The standard InChI is InChI=1S/C11H22NO4P/c1-7-15-17(14,16-8-2)9(3)12-10(13)11(4,5)6/h3,7-8H2,1-2,4-6H3,(H,12,13). The molecule has 0 spiro atoms. The second kappa shape index (κ2) is 6.34. The van der Waals surface area contributed by atoms with Crippen molar-refractivity contribution in [1.82, 2.24) is 5.32 Å². The minimum absolute atomic E-state index is 0.0128. The van der Waals surface area contributed by atoms with Gasteiger partial charge in [-0.15, -0.1) is 0 Å². The van der Waals surface area contributed by atoms with E-state index in [2.05, 4.69) is 11.9 Å². The van der Waals surface area contributed by atoms with Crippen LogP contribution in [0, 0.1) is 5.41 Å². The molecular formula is C11H22NO4P. The van der Waals surface area contributed by atoms with Gasteiger partial charge in [-0.25, -0.2) is 0 Å². The molecule has 0 bridgehead atoms. The van der Waals surface area contributed by atoms with Crippen molar-refractivity contribution in [3.63, 3.8) is 0 Å². The number of carbonyl (C=O) groups excluding carboxylic acids is 1. The zero-order chi connectivity index (χ0) is 13.7. The van der Waals surface area contributed by atoms with Crippen LogP contribution in [0.3, 0.4) is 0 Å². The van der Waals surface area contributed by atoms with Crippen molar-refractivity contribution in [3.05, 3.63) is 12.0 Å². The van der Waals surface area contributed by atoms with Crippen molar-refractivity contribution in [1.29, 1.82) is 0 Å². The van der Waals surface area contributed by atoms with Crippen LogP contribution in [-0.4, -0.2) is 19.1 Å². The van der Waals surface area contributed by atoms with Gasteiger partial charge in [-0.2, -0.15) is 0 Å². The normalized spacial score (nSPS) is 12.3. The summed E-state index contributed by atoms with van der Waals surface area (Å²) in [5.74, 6) is -0.276. The van der Waals surface area contributed by atoms with Crippen molar-refractivity contribution in [2.24, 2.45) is 5.41 Å². The third kappa shape index (κ3) is 5.02. The molecule has 0 aromatic rings. The van der Waals surface area contributed by atoms with E-state index in [1.54, 1.807) is 34.6 Å². The lowest BCUT2D eigenvalue weighted by atomic mass is 9.96. The molecule has 100 valence electrons. The molecule has 0 unspecified atom stereocenters. The molecule has 0 aliphatic carbocycles. The highest BCUT2D eigenvalue weighted by molar-refractivity contribution is 7.58. The highest BCUT2D eigenvalue weighted by Crippen LogP contribution is 2.54. The monoisotopic (exact) mass is 263 g/mol. The van der Waals surface area contributed by atoms with Gasteiger partial charge >= 0.3 is 7.60 Å². The summed E-state index contributed by atoms with van der Waals surface area (Å²) < 4.78 is 22.3. The summed E-state index contributed by atoms with van der Waals surface area (Å²) in [6.45, 7) is 12.7. The highest BCUT2D eigenvalue weighted by Gasteiger charge is 2.32. The molecule has 0 aliphatic heterocycles. The minimum Gasteiger partial charge on any atom is -0.319 e. The van der Waals surface area contributed by atoms with Gasteiger partial charge in [0.25, 0.3) is 0 Å². The van der Waals surface area contributed by atoms with Gasteiger partial charge in [-0.1, -0.05) is 27.4 Å². The Bertz CT molecular complexity index is 323. The zero-order valence-corrected chi connectivity index (χ0v) is 12.1. The molecule has 1 amide bonds. The molecule has 0 rings (SSSR count). The maximum atomic E-state index is 12.2. The van der Waals surface area contributed by atoms with Crippen LogP contribution in [0.1, 0.15) is 34.6 Å². The van der Waals surface area contributed by atoms with Crippen LogP contribution in [-0.2, 0) is 18.4 Å². The topological polar surface area (TPSA) is 64.6 Å². The van der Waals surface area contributed by atoms with E-state index in [-0.39, 0.29) is 24.6 Å². The Labute approximate surface area is 103 Å². The first-order chi connectivity index (χ1) is 7.67. The molecule has 0 radical (unpaired) electrons. The van der Waals surface area contributed by atoms with E-state index in [0.717, 1.165) is 0 Å². The SMILES string of the molecule is C=C(NC(=O)C(C)(C)C)P(=O)(OCC)OCC. The Kier molecular flexibility index (Phi) is 6.10. The van der Waals surface area contributed by atoms with Crippen LogP contribution in [0.5, 0.6) is 0 Å². The van der Waals surface area contributed by atoms with Gasteiger partial charge in [0, 0.05) is 5.41 Å². The Balaban J connectivity index is 4.77. The fourth-order valence-electron chi connectivity index (χ4n) is 0.920. The second-order valence-corrected chi connectivity index (χ2v) is 6.54. The van der Waals surface area contributed by atoms with E-state index < -0.39 is 13.0 Å². The fourth-order valence-corrected chi connectivity index (χ4v) is 2.22. The number of hydrogen-bond acceptors (Lipinski definition) is 4. The quantitative estimate of drug-likeness (QED) is 0.748. The lowest BCUT2D eigenvalue weighted by Crippen LogP contribution is -2.34. The summed E-state index contributed by atoms with van der Waals surface area (Å²) in [5, 5.41) is 2.48. The summed E-state index contributed by atoms with van der Waals surface area (Å²) in [4.78, 5) is 11.7. The average Bonchev–Trinajstić information content (AvgIpc) is 2.16. The van der Waals surface area contributed by atoms with Crippen LogP contribution in [0.25, 0.3) is 0 Å². The Morgan fingerprint density at radius 1 is 1.24 bits per heavy atom. The summed E-state index contributed by atoms with van der Waals surface area (Å²) in [5.41, 5.74) is -0.604. The first-order valence-electron chi connectivity index (χ1n) is 5.57. The third-order valence-corrected chi connectivity index (χ3v) is 3.84. The van der Waals surface area contributed by atoms with Gasteiger partial charge in [-0.3, -0.25) is 9.36 Å². The maximum Gasteiger partial charge on any atom is 0.376 e. The predicted molar refractivity (Wildman–Crippen MR) is 67.6 cm³/mol. The molecule has 0 saturated carbocycles. The molecule has 0 fully saturated rings. The molecule has 0 atom stereocenters. The summed E-state index contributed by atoms with van der Waals surface area (Å²) in [6, 6.07) is 0. The van der Waals surface area contributed by atoms with Gasteiger partial charge in [0.05, 0.1) is 13.2 Å². The Morgan fingerprint density at radius 3 is 1.94 bits per heavy atom. The van der Waals surface area contributed by atoms with Crippen LogP contribution in [0.15, 0.2) is 12.0 Å². The van der Waals surface area contributed by atoms with Crippen molar-refractivity contribution in [2.75, 3.05) is 13.2 Å². The molecule has 0 heterocycles. The lowest BCUT2D eigenvalue weighted by molar-refractivity contribution is -0.127. The van der Waals surface area contributed by atoms with Crippen molar-refractivity contribution >= 4 is 13.5 Å². The van der Waals surface area contributed by atoms with Crippen molar-refractivity contribution in [3.8, 4) is 0 Å². The van der Waals surface area contributed by atoms with Gasteiger partial charge in [0.2, 0.25) is 5.91 Å². The predicted octanol–water partition coefficient (Wildman–Crippen LogP) is 2.89. The van der Waals surface area contributed by atoms with Crippen LogP contribution < -0.4 is 5.32 Å². The van der Waals surface area contributed by atoms with Gasteiger partial charge < -0.3 is 14.4 Å². The van der Waals surface area contributed by atoms with Gasteiger partial charge in [-0.05, 0) is 13.8 Å². The van der Waals surface area contributed by atoms with Crippen molar-refractivity contribution in [2.45, 2.75) is 34.6 Å². The van der Waals surface area contributed by atoms with E-state index in [0.29, 0.717) is 0 Å². The largest absolute Gasteiger partial charge is 0.376 e. The molecule has 0 saturated heterocycles. The third-order valence-electron chi connectivity index (χ3n) is 1.87. The van der Waals surface area contributed by atoms with Crippen LogP contribution in [0.4, 0.5) is 0 Å². The Hall–Kier alpha value is -0.640. The van der Waals surface area contributed by atoms with Crippen molar-refractivity contribution < 1.29 is 18.4 Å². The molecule has 5 nitrogen and oxygen atoms in total. The summed E-state index contributed by atoms with van der Waals surface area (Å²) in [7, 11) is -3.46. The molecule has 0 aromatic carbocycles. The number of nitrogens with one attached hydrogen (secondary N) is 1. The van der Waals surface area contributed by atoms with E-state index in [4.69, 9.17) is 9.05 Å². The van der Waals surface area contributed by atoms with Gasteiger partial charge in [0.1, 0.15) is 5.44 Å². The van der Waals surface area contributed by atoms with Crippen LogP contribution >= 0.6 is 7.60 Å². The maximum absolute atomic E-state index is 12.2. The number of amides is 1. The summed E-state index contributed by atoms with van der Waals surface area (Å²) >= 11 is 0. The van der Waals surface area contributed by atoms with E-state index in [1.165, 1.54) is 0 Å². The highest BCUT2D eigenvalue weighted by atomic mass is 31.2. The minimum atomic E-state index is -3.46. The Morgan fingerprint density at radius 2 is 1.65 bits per heavy atom. The molecule has 0 aliphatic rings. The molecule has 17 heavy (non-hydrogen) atoms. The fraction of sp³-hybridized carbons (Fsp3) is 0.727. The molecule has 1 N–H and O–H groups in total. The lowest BCUT2D eigenvalue weighted by Gasteiger charge is -2.23. The number of rotatable bonds is 6. The zero-order valence-electron chi connectivity index (χ0n) is 11.2.